The van der Waals surface area contributed by atoms with E-state index in [1.54, 1.807) is 16.8 Å². The second-order valence-electron chi connectivity index (χ2n) is 6.94. The van der Waals surface area contributed by atoms with Crippen molar-refractivity contribution in [2.45, 2.75) is 20.4 Å². The van der Waals surface area contributed by atoms with Gasteiger partial charge in [0.05, 0.1) is 17.5 Å². The quantitative estimate of drug-likeness (QED) is 0.594. The lowest BCUT2D eigenvalue weighted by atomic mass is 9.94. The molecule has 1 aliphatic rings. The minimum absolute atomic E-state index is 0.0722. The minimum Gasteiger partial charge on any atom is -0.464 e. The number of fused-ring (bicyclic) bond motifs is 2. The summed E-state index contributed by atoms with van der Waals surface area (Å²) in [5.41, 5.74) is 1.93. The largest absolute Gasteiger partial charge is 0.464 e. The number of benzene rings is 1. The summed E-state index contributed by atoms with van der Waals surface area (Å²) >= 11 is 0. The van der Waals surface area contributed by atoms with Crippen molar-refractivity contribution < 1.29 is 4.74 Å². The molecule has 0 bridgehead atoms. The third kappa shape index (κ3) is 2.99. The van der Waals surface area contributed by atoms with Crippen molar-refractivity contribution >= 4 is 10.9 Å². The summed E-state index contributed by atoms with van der Waals surface area (Å²) in [7, 11) is 0. The maximum atomic E-state index is 12.7. The van der Waals surface area contributed by atoms with E-state index >= 15 is 0 Å². The summed E-state index contributed by atoms with van der Waals surface area (Å²) in [4.78, 5) is 21.4. The van der Waals surface area contributed by atoms with Crippen LogP contribution in [0.2, 0.25) is 0 Å². The van der Waals surface area contributed by atoms with Gasteiger partial charge in [-0.25, -0.2) is 4.98 Å². The second kappa shape index (κ2) is 5.75. The van der Waals surface area contributed by atoms with Gasteiger partial charge in [0.2, 0.25) is 0 Å². The number of pyridine rings is 1. The molecular formula is C20H17N3O2. The van der Waals surface area contributed by atoms with Gasteiger partial charge in [0.15, 0.2) is 0 Å². The highest BCUT2D eigenvalue weighted by Gasteiger charge is 2.28. The number of nitrogens with zero attached hydrogens (tertiary/aromatic N) is 3. The molecule has 0 saturated heterocycles. The fourth-order valence-corrected chi connectivity index (χ4v) is 2.83. The molecule has 0 radical (unpaired) electrons. The van der Waals surface area contributed by atoms with Gasteiger partial charge in [-0.2, -0.15) is 4.98 Å². The predicted molar refractivity (Wildman–Crippen MR) is 95.5 cm³/mol. The predicted octanol–water partition coefficient (Wildman–Crippen LogP) is 2.61. The van der Waals surface area contributed by atoms with Gasteiger partial charge in [-0.05, 0) is 36.3 Å². The van der Waals surface area contributed by atoms with Crippen LogP contribution in [0.5, 0.6) is 6.01 Å². The van der Waals surface area contributed by atoms with Crippen LogP contribution in [-0.4, -0.2) is 21.1 Å². The number of hydrogen-bond donors (Lipinski definition) is 0. The SMILES string of the molecule is CC1(C)COc2nc3cc(C#Cc4ccccn4)ccc3c(=O)n2C1. The standard InChI is InChI=1S/C20H17N3O2/c1-20(2)12-23-18(24)16-9-7-14(6-8-15-5-3-4-10-21-15)11-17(16)22-19(23)25-13-20/h3-5,7,9-11H,12-13H2,1-2H3. The van der Waals surface area contributed by atoms with Crippen molar-refractivity contribution in [1.82, 2.24) is 14.5 Å². The van der Waals surface area contributed by atoms with Crippen LogP contribution in [0.1, 0.15) is 25.1 Å². The molecule has 0 fully saturated rings. The Hall–Kier alpha value is -3.13. The van der Waals surface area contributed by atoms with E-state index < -0.39 is 0 Å². The molecular weight excluding hydrogens is 314 g/mol. The fraction of sp³-hybridized carbons (Fsp3) is 0.250. The highest BCUT2D eigenvalue weighted by Crippen LogP contribution is 2.27. The molecule has 5 heteroatoms. The van der Waals surface area contributed by atoms with E-state index in [1.165, 1.54) is 0 Å². The molecule has 0 N–H and O–H groups in total. The van der Waals surface area contributed by atoms with Gasteiger partial charge in [-0.3, -0.25) is 9.36 Å². The number of ether oxygens (including phenoxy) is 1. The average Bonchev–Trinajstić information content (AvgIpc) is 2.61. The summed E-state index contributed by atoms with van der Waals surface area (Å²) < 4.78 is 7.32. The van der Waals surface area contributed by atoms with Gasteiger partial charge in [0.25, 0.3) is 11.6 Å². The highest BCUT2D eigenvalue weighted by atomic mass is 16.5. The molecule has 0 amide bonds. The van der Waals surface area contributed by atoms with Crippen LogP contribution >= 0.6 is 0 Å². The Morgan fingerprint density at radius 3 is 2.88 bits per heavy atom. The van der Waals surface area contributed by atoms with Gasteiger partial charge in [-0.15, -0.1) is 0 Å². The number of rotatable bonds is 0. The van der Waals surface area contributed by atoms with Crippen molar-refractivity contribution in [1.29, 1.82) is 0 Å². The maximum Gasteiger partial charge on any atom is 0.299 e. The molecule has 1 aliphatic heterocycles. The Kier molecular flexibility index (Phi) is 3.54. The first kappa shape index (κ1) is 15.4. The van der Waals surface area contributed by atoms with Gasteiger partial charge in [0, 0.05) is 23.7 Å². The molecule has 5 nitrogen and oxygen atoms in total. The van der Waals surface area contributed by atoms with Gasteiger partial charge >= 0.3 is 0 Å². The zero-order chi connectivity index (χ0) is 17.4. The van der Waals surface area contributed by atoms with E-state index in [4.69, 9.17) is 4.74 Å². The van der Waals surface area contributed by atoms with Crippen LogP contribution in [0.25, 0.3) is 10.9 Å². The smallest absolute Gasteiger partial charge is 0.299 e. The van der Waals surface area contributed by atoms with Crippen LogP contribution in [-0.2, 0) is 6.54 Å². The van der Waals surface area contributed by atoms with Crippen LogP contribution in [0.3, 0.4) is 0 Å². The molecule has 2 aromatic heterocycles. The minimum atomic E-state index is -0.0831. The number of aromatic nitrogens is 3. The van der Waals surface area contributed by atoms with Gasteiger partial charge < -0.3 is 4.74 Å². The second-order valence-corrected chi connectivity index (χ2v) is 6.94. The zero-order valence-electron chi connectivity index (χ0n) is 14.1. The first-order valence-corrected chi connectivity index (χ1v) is 8.12. The normalized spacial score (nSPS) is 15.0. The summed E-state index contributed by atoms with van der Waals surface area (Å²) in [5.74, 6) is 6.07. The van der Waals surface area contributed by atoms with Crippen LogP contribution in [0.4, 0.5) is 0 Å². The first-order chi connectivity index (χ1) is 12.0. The lowest BCUT2D eigenvalue weighted by Gasteiger charge is -2.31. The molecule has 0 spiro atoms. The average molecular weight is 331 g/mol. The Morgan fingerprint density at radius 1 is 1.20 bits per heavy atom. The third-order valence-electron chi connectivity index (χ3n) is 4.10. The number of hydrogen-bond acceptors (Lipinski definition) is 4. The van der Waals surface area contributed by atoms with Crippen LogP contribution in [0.15, 0.2) is 47.4 Å². The van der Waals surface area contributed by atoms with E-state index in [9.17, 15) is 4.79 Å². The third-order valence-corrected chi connectivity index (χ3v) is 4.10. The zero-order valence-corrected chi connectivity index (χ0v) is 14.1. The van der Waals surface area contributed by atoms with Crippen LogP contribution in [0, 0.1) is 17.3 Å². The Bertz CT molecular complexity index is 1070. The monoisotopic (exact) mass is 331 g/mol. The molecule has 4 rings (SSSR count). The molecule has 0 saturated carbocycles. The molecule has 0 atom stereocenters. The van der Waals surface area contributed by atoms with Crippen molar-refractivity contribution in [3.05, 3.63) is 64.2 Å². The van der Waals surface area contributed by atoms with Crippen molar-refractivity contribution in [2.24, 2.45) is 5.41 Å². The van der Waals surface area contributed by atoms with E-state index in [1.807, 2.05) is 30.3 Å². The molecule has 0 unspecified atom stereocenters. The topological polar surface area (TPSA) is 57.0 Å². The lowest BCUT2D eigenvalue weighted by molar-refractivity contribution is 0.0984. The lowest BCUT2D eigenvalue weighted by Crippen LogP contribution is -2.39. The molecule has 3 aromatic rings. The van der Waals surface area contributed by atoms with Crippen molar-refractivity contribution in [3.63, 3.8) is 0 Å². The van der Waals surface area contributed by atoms with Gasteiger partial charge in [0.1, 0.15) is 5.69 Å². The highest BCUT2D eigenvalue weighted by molar-refractivity contribution is 5.79. The molecule has 25 heavy (non-hydrogen) atoms. The molecule has 1 aromatic carbocycles. The summed E-state index contributed by atoms with van der Waals surface area (Å²) in [5, 5.41) is 0.577. The van der Waals surface area contributed by atoms with Crippen molar-refractivity contribution in [2.75, 3.05) is 6.61 Å². The Labute approximate surface area is 145 Å². The Morgan fingerprint density at radius 2 is 2.08 bits per heavy atom. The van der Waals surface area contributed by atoms with Crippen molar-refractivity contribution in [3.8, 4) is 17.9 Å². The first-order valence-electron chi connectivity index (χ1n) is 8.12. The molecule has 124 valence electrons. The van der Waals surface area contributed by atoms with E-state index in [0.717, 1.165) is 5.56 Å². The molecule has 0 aliphatic carbocycles. The summed E-state index contributed by atoms with van der Waals surface area (Å²) in [6.07, 6.45) is 1.71. The Balaban J connectivity index is 1.78. The maximum absolute atomic E-state index is 12.7. The fourth-order valence-electron chi connectivity index (χ4n) is 2.83. The van der Waals surface area contributed by atoms with E-state index in [2.05, 4.69) is 35.7 Å². The molecule has 3 heterocycles. The van der Waals surface area contributed by atoms with Crippen LogP contribution < -0.4 is 10.3 Å². The van der Waals surface area contributed by atoms with Gasteiger partial charge in [-0.1, -0.05) is 25.8 Å². The van der Waals surface area contributed by atoms with E-state index in [-0.39, 0.29) is 11.0 Å². The van der Waals surface area contributed by atoms with E-state index in [0.29, 0.717) is 35.8 Å². The summed E-state index contributed by atoms with van der Waals surface area (Å²) in [6, 6.07) is 11.4. The summed E-state index contributed by atoms with van der Waals surface area (Å²) in [6.45, 7) is 5.29.